The molecule has 1 aliphatic rings. The number of nitrogens with zero attached hydrogens (tertiary/aromatic N) is 3. The molecule has 0 aliphatic carbocycles. The molecule has 0 saturated carbocycles. The Morgan fingerprint density at radius 3 is 2.52 bits per heavy atom. The Kier molecular flexibility index (Phi) is 6.42. The van der Waals surface area contributed by atoms with Crippen LogP contribution in [0.5, 0.6) is 0 Å². The summed E-state index contributed by atoms with van der Waals surface area (Å²) in [6, 6.07) is 6.69. The van der Waals surface area contributed by atoms with Gasteiger partial charge >= 0.3 is 0 Å². The Morgan fingerprint density at radius 2 is 1.89 bits per heavy atom. The van der Waals surface area contributed by atoms with Gasteiger partial charge in [0.25, 0.3) is 0 Å². The minimum absolute atomic E-state index is 0.0778. The average molecular weight is 391 g/mol. The van der Waals surface area contributed by atoms with E-state index < -0.39 is 0 Å². The quantitative estimate of drug-likeness (QED) is 0.818. The first-order chi connectivity index (χ1) is 12.9. The first kappa shape index (κ1) is 19.7. The van der Waals surface area contributed by atoms with Crippen LogP contribution in [-0.2, 0) is 11.2 Å². The molecule has 2 heterocycles. The van der Waals surface area contributed by atoms with Gasteiger partial charge in [-0.15, -0.1) is 10.2 Å². The van der Waals surface area contributed by atoms with E-state index in [2.05, 4.69) is 41.2 Å². The van der Waals surface area contributed by atoms with E-state index in [4.69, 9.17) is 0 Å². The van der Waals surface area contributed by atoms with Gasteiger partial charge in [0.05, 0.1) is 0 Å². The number of halogens is 1. The molecule has 1 saturated heterocycles. The van der Waals surface area contributed by atoms with Crippen molar-refractivity contribution in [1.29, 1.82) is 0 Å². The molecule has 2 aromatic rings. The molecule has 1 aliphatic heterocycles. The van der Waals surface area contributed by atoms with Gasteiger partial charge < -0.3 is 10.2 Å². The highest BCUT2D eigenvalue weighted by Gasteiger charge is 2.27. The molecule has 1 unspecified atom stereocenters. The van der Waals surface area contributed by atoms with Gasteiger partial charge in [0.1, 0.15) is 10.8 Å². The lowest BCUT2D eigenvalue weighted by Crippen LogP contribution is -2.44. The first-order valence-electron chi connectivity index (χ1n) is 9.54. The number of rotatable bonds is 6. The molecular weight excluding hydrogens is 363 g/mol. The smallest absolute Gasteiger partial charge is 0.223 e. The average Bonchev–Trinajstić information content (AvgIpc) is 3.12. The van der Waals surface area contributed by atoms with E-state index >= 15 is 0 Å². The molecule has 0 spiro atoms. The maximum Gasteiger partial charge on any atom is 0.223 e. The van der Waals surface area contributed by atoms with Crippen LogP contribution in [0.1, 0.15) is 44.2 Å². The zero-order valence-corrected chi connectivity index (χ0v) is 16.9. The number of amides is 1. The zero-order chi connectivity index (χ0) is 19.4. The van der Waals surface area contributed by atoms with E-state index in [0.717, 1.165) is 41.6 Å². The second-order valence-electron chi connectivity index (χ2n) is 7.58. The third-order valence-corrected chi connectivity index (χ3v) is 6.22. The Morgan fingerprint density at radius 1 is 1.22 bits per heavy atom. The second kappa shape index (κ2) is 8.78. The lowest BCUT2D eigenvalue weighted by molar-refractivity contribution is -0.126. The number of hydrogen-bond donors (Lipinski definition) is 1. The molecule has 1 amide bonds. The molecule has 7 heteroatoms. The van der Waals surface area contributed by atoms with Crippen LogP contribution >= 0.6 is 11.3 Å². The Balaban J connectivity index is 1.52. The fourth-order valence-corrected chi connectivity index (χ4v) is 3.99. The van der Waals surface area contributed by atoms with Crippen molar-refractivity contribution in [2.24, 2.45) is 11.8 Å². The van der Waals surface area contributed by atoms with Crippen LogP contribution in [0.25, 0.3) is 0 Å². The van der Waals surface area contributed by atoms with E-state index in [9.17, 15) is 9.18 Å². The third kappa shape index (κ3) is 5.25. The topological polar surface area (TPSA) is 58.1 Å². The first-order valence-corrected chi connectivity index (χ1v) is 10.4. The van der Waals surface area contributed by atoms with E-state index in [-0.39, 0.29) is 23.7 Å². The highest BCUT2D eigenvalue weighted by Crippen LogP contribution is 2.27. The van der Waals surface area contributed by atoms with Crippen molar-refractivity contribution >= 4 is 22.4 Å². The van der Waals surface area contributed by atoms with Crippen LogP contribution < -0.4 is 10.2 Å². The zero-order valence-electron chi connectivity index (χ0n) is 16.1. The monoisotopic (exact) mass is 390 g/mol. The maximum atomic E-state index is 13.0. The summed E-state index contributed by atoms with van der Waals surface area (Å²) in [4.78, 5) is 14.6. The van der Waals surface area contributed by atoms with Crippen molar-refractivity contribution in [3.8, 4) is 0 Å². The van der Waals surface area contributed by atoms with Crippen LogP contribution in [0.4, 0.5) is 9.52 Å². The number of aromatic nitrogens is 2. The lowest BCUT2D eigenvalue weighted by atomic mass is 9.95. The minimum Gasteiger partial charge on any atom is -0.353 e. The molecule has 1 atom stereocenters. The van der Waals surface area contributed by atoms with Gasteiger partial charge in [-0.3, -0.25) is 4.79 Å². The Bertz CT molecular complexity index is 754. The molecule has 3 rings (SSSR count). The normalized spacial score (nSPS) is 16.6. The molecule has 1 aromatic carbocycles. The summed E-state index contributed by atoms with van der Waals surface area (Å²) >= 11 is 1.57. The van der Waals surface area contributed by atoms with Gasteiger partial charge in [-0.05, 0) is 43.4 Å². The van der Waals surface area contributed by atoms with E-state index in [1.54, 1.807) is 23.5 Å². The molecule has 0 bridgehead atoms. The fourth-order valence-electron chi connectivity index (χ4n) is 3.06. The largest absolute Gasteiger partial charge is 0.353 e. The summed E-state index contributed by atoms with van der Waals surface area (Å²) in [5.74, 6) is 0.459. The molecule has 1 N–H and O–H groups in total. The predicted molar refractivity (Wildman–Crippen MR) is 106 cm³/mol. The van der Waals surface area contributed by atoms with E-state index in [1.165, 1.54) is 12.1 Å². The maximum absolute atomic E-state index is 13.0. The third-order valence-electron chi connectivity index (χ3n) is 5.23. The Hall–Kier alpha value is -2.02. The van der Waals surface area contributed by atoms with Crippen molar-refractivity contribution < 1.29 is 9.18 Å². The van der Waals surface area contributed by atoms with Gasteiger partial charge in [0, 0.05) is 31.5 Å². The highest BCUT2D eigenvalue weighted by atomic mass is 32.1. The number of piperidine rings is 1. The highest BCUT2D eigenvalue weighted by molar-refractivity contribution is 7.15. The number of hydrogen-bond acceptors (Lipinski definition) is 5. The second-order valence-corrected chi connectivity index (χ2v) is 8.62. The summed E-state index contributed by atoms with van der Waals surface area (Å²) in [6.07, 6.45) is 2.33. The van der Waals surface area contributed by atoms with Gasteiger partial charge in [-0.2, -0.15) is 0 Å². The number of anilines is 1. The molecular formula is C20H27FN4OS. The van der Waals surface area contributed by atoms with Crippen molar-refractivity contribution in [2.45, 2.75) is 46.1 Å². The van der Waals surface area contributed by atoms with Crippen LogP contribution in [-0.4, -0.2) is 35.2 Å². The van der Waals surface area contributed by atoms with Crippen LogP contribution in [0.15, 0.2) is 24.3 Å². The van der Waals surface area contributed by atoms with Gasteiger partial charge in [-0.1, -0.05) is 37.3 Å². The summed E-state index contributed by atoms with van der Waals surface area (Å²) in [7, 11) is 0. The number of benzene rings is 1. The van der Waals surface area contributed by atoms with Crippen LogP contribution in [0, 0.1) is 17.7 Å². The number of carbonyl (C=O) groups is 1. The summed E-state index contributed by atoms with van der Waals surface area (Å²) < 4.78 is 13.0. The lowest BCUT2D eigenvalue weighted by Gasteiger charge is -2.31. The van der Waals surface area contributed by atoms with E-state index in [1.807, 2.05) is 0 Å². The summed E-state index contributed by atoms with van der Waals surface area (Å²) in [5.41, 5.74) is 1.02. The molecule has 1 fully saturated rings. The molecule has 27 heavy (non-hydrogen) atoms. The standard InChI is InChI=1S/C20H27FN4OS/c1-13(2)14(3)22-19(26)16-8-10-25(11-9-16)20-24-23-18(27-20)12-15-4-6-17(21)7-5-15/h4-7,13-14,16H,8-12H2,1-3H3,(H,22,26). The van der Waals surface area contributed by atoms with Crippen molar-refractivity contribution in [3.63, 3.8) is 0 Å². The van der Waals surface area contributed by atoms with Crippen molar-refractivity contribution in [3.05, 3.63) is 40.7 Å². The van der Waals surface area contributed by atoms with Crippen LogP contribution in [0.3, 0.4) is 0 Å². The minimum atomic E-state index is -0.230. The number of nitrogens with one attached hydrogen (secondary N) is 1. The predicted octanol–water partition coefficient (Wildman–Crippen LogP) is 3.65. The van der Waals surface area contributed by atoms with Gasteiger partial charge in [-0.25, -0.2) is 4.39 Å². The summed E-state index contributed by atoms with van der Waals surface area (Å²) in [5, 5.41) is 13.5. The molecule has 0 radical (unpaired) electrons. The summed E-state index contributed by atoms with van der Waals surface area (Å²) in [6.45, 7) is 7.93. The SMILES string of the molecule is CC(C)C(C)NC(=O)C1CCN(c2nnc(Cc3ccc(F)cc3)s2)CC1. The fraction of sp³-hybridized carbons (Fsp3) is 0.550. The van der Waals surface area contributed by atoms with Crippen molar-refractivity contribution in [2.75, 3.05) is 18.0 Å². The Labute approximate surface area is 164 Å². The van der Waals surface area contributed by atoms with E-state index in [0.29, 0.717) is 12.3 Å². The molecule has 5 nitrogen and oxygen atoms in total. The van der Waals surface area contributed by atoms with Crippen LogP contribution in [0.2, 0.25) is 0 Å². The van der Waals surface area contributed by atoms with Crippen molar-refractivity contribution in [1.82, 2.24) is 15.5 Å². The molecule has 146 valence electrons. The number of carbonyl (C=O) groups excluding carboxylic acids is 1. The van der Waals surface area contributed by atoms with Gasteiger partial charge in [0.2, 0.25) is 11.0 Å². The molecule has 1 aromatic heterocycles. The van der Waals surface area contributed by atoms with Gasteiger partial charge in [0.15, 0.2) is 0 Å².